The lowest BCUT2D eigenvalue weighted by Crippen LogP contribution is -2.41. The number of esters is 1. The molecule has 6 atom stereocenters. The summed E-state index contributed by atoms with van der Waals surface area (Å²) in [7, 11) is 0. The highest BCUT2D eigenvalue weighted by Crippen LogP contribution is 2.28. The average molecular weight is 373 g/mol. The Morgan fingerprint density at radius 2 is 2.27 bits per heavy atom. The summed E-state index contributed by atoms with van der Waals surface area (Å²) in [6.45, 7) is 3.20. The molecule has 0 saturated carbocycles. The van der Waals surface area contributed by atoms with Crippen LogP contribution in [-0.4, -0.2) is 61.9 Å². The lowest BCUT2D eigenvalue weighted by Gasteiger charge is -2.19. The Morgan fingerprint density at radius 1 is 1.58 bits per heavy atom. The molecule has 1 fully saturated rings. The van der Waals surface area contributed by atoms with Crippen molar-refractivity contribution in [2.45, 2.75) is 50.8 Å². The summed E-state index contributed by atoms with van der Waals surface area (Å²) in [6.07, 6.45) is -5.35. The van der Waals surface area contributed by atoms with E-state index in [0.717, 1.165) is 6.20 Å². The largest absolute Gasteiger partial charge is 0.462 e. The van der Waals surface area contributed by atoms with Crippen LogP contribution in [-0.2, 0) is 14.3 Å². The molecule has 0 bridgehead atoms. The van der Waals surface area contributed by atoms with E-state index in [1.165, 1.54) is 6.07 Å². The normalized spacial score (nSPS) is 31.2. The Morgan fingerprint density at radius 3 is 2.85 bits per heavy atom. The summed E-state index contributed by atoms with van der Waals surface area (Å²) < 4.78 is 19.3. The summed E-state index contributed by atoms with van der Waals surface area (Å²) in [5.74, 6) is -0.984. The van der Waals surface area contributed by atoms with Gasteiger partial charge in [0, 0.05) is 6.20 Å². The van der Waals surface area contributed by atoms with Crippen molar-refractivity contribution in [1.29, 1.82) is 0 Å². The fraction of sp³-hybridized carbons (Fsp3) is 0.667. The maximum atomic E-state index is 12.0. The Hall–Kier alpha value is -2.05. The van der Waals surface area contributed by atoms with Crippen LogP contribution in [0, 0.1) is 5.92 Å². The topological polar surface area (TPSA) is 169 Å². The molecule has 0 aromatic carbocycles. The minimum atomic E-state index is -2.40. The fourth-order valence-corrected chi connectivity index (χ4v) is 2.36. The number of carbonyl (C=O) groups excluding carboxylic acids is 1. The molecule has 2 heterocycles. The van der Waals surface area contributed by atoms with E-state index in [1.807, 2.05) is 6.92 Å². The van der Waals surface area contributed by atoms with Gasteiger partial charge in [-0.05, 0) is 12.0 Å². The van der Waals surface area contributed by atoms with Gasteiger partial charge in [-0.15, -0.1) is 0 Å². The monoisotopic (exact) mass is 373 g/mol. The van der Waals surface area contributed by atoms with Crippen LogP contribution in [0.15, 0.2) is 17.1 Å². The van der Waals surface area contributed by atoms with E-state index >= 15 is 0 Å². The third-order valence-corrected chi connectivity index (χ3v) is 4.30. The maximum Gasteiger partial charge on any atom is 0.351 e. The van der Waals surface area contributed by atoms with E-state index in [-0.39, 0.29) is 11.7 Å². The van der Waals surface area contributed by atoms with Crippen molar-refractivity contribution >= 4 is 11.8 Å². The molecule has 0 aliphatic carbocycles. The van der Waals surface area contributed by atoms with E-state index in [1.54, 1.807) is 12.4 Å². The molecule has 0 unspecified atom stereocenters. The van der Waals surface area contributed by atoms with Crippen LogP contribution in [0.5, 0.6) is 0 Å². The molecule has 26 heavy (non-hydrogen) atoms. The molecule has 1 aromatic heterocycles. The zero-order valence-corrected chi connectivity index (χ0v) is 14.4. The molecule has 1 aliphatic rings. The van der Waals surface area contributed by atoms with E-state index in [0.29, 0.717) is 11.0 Å². The van der Waals surface area contributed by atoms with Crippen molar-refractivity contribution in [1.82, 2.24) is 9.55 Å². The van der Waals surface area contributed by atoms with Gasteiger partial charge >= 0.3 is 11.7 Å². The Bertz CT molecular complexity index is 732. The third-order valence-electron chi connectivity index (χ3n) is 4.30. The average Bonchev–Trinajstić information content (AvgIpc) is 2.88. The van der Waals surface area contributed by atoms with Crippen molar-refractivity contribution in [3.63, 3.8) is 0 Å². The first-order valence-electron chi connectivity index (χ1n) is 8.62. The van der Waals surface area contributed by atoms with Crippen molar-refractivity contribution in [3.8, 4) is 0 Å². The number of anilines is 1. The van der Waals surface area contributed by atoms with Gasteiger partial charge in [0.1, 0.15) is 31.0 Å². The zero-order chi connectivity index (χ0) is 20.4. The number of aliphatic hydroxyl groups is 2. The van der Waals surface area contributed by atoms with Crippen LogP contribution in [0.25, 0.3) is 0 Å². The second kappa shape index (κ2) is 8.56. The molecule has 0 spiro atoms. The van der Waals surface area contributed by atoms with Crippen molar-refractivity contribution in [3.05, 3.63) is 22.7 Å². The molecular formula is C15H24N4O7. The van der Waals surface area contributed by atoms with Gasteiger partial charge in [0.25, 0.3) is 0 Å². The standard InChI is InChI=1S/C15H24N4O7/c1-3-7(2)10(16)14(22)25-6-8-11(20)12(21)13(26-8)19-5-4-9(18-24)17-15(19)23/h4-5,7-8,10-13,20-21,24H,3,6,16H2,1-2H3,(H,17,18,23)/t7-,8-,10-,11-,12-,13-/m1/s1/i13D. The molecule has 2 rings (SSSR count). The van der Waals surface area contributed by atoms with Gasteiger partial charge in [-0.2, -0.15) is 4.98 Å². The predicted octanol–water partition coefficient (Wildman–Crippen LogP) is -1.42. The highest BCUT2D eigenvalue weighted by atomic mass is 16.6. The zero-order valence-electron chi connectivity index (χ0n) is 15.4. The van der Waals surface area contributed by atoms with Crippen molar-refractivity contribution in [2.24, 2.45) is 11.7 Å². The number of hydrogen-bond acceptors (Lipinski definition) is 10. The van der Waals surface area contributed by atoms with Gasteiger partial charge < -0.3 is 25.4 Å². The van der Waals surface area contributed by atoms with Gasteiger partial charge in [0.05, 0.1) is 1.37 Å². The number of carbonyl (C=O) groups is 1. The highest BCUT2D eigenvalue weighted by Gasteiger charge is 2.45. The number of nitrogens with one attached hydrogen (secondary N) is 1. The van der Waals surface area contributed by atoms with E-state index in [9.17, 15) is 19.8 Å². The lowest BCUT2D eigenvalue weighted by atomic mass is 10.0. The smallest absolute Gasteiger partial charge is 0.351 e. The molecule has 0 amide bonds. The van der Waals surface area contributed by atoms with E-state index in [2.05, 4.69) is 4.98 Å². The molecule has 11 heteroatoms. The van der Waals surface area contributed by atoms with Crippen molar-refractivity contribution < 1.29 is 31.1 Å². The molecule has 6 N–H and O–H groups in total. The van der Waals surface area contributed by atoms with Crippen LogP contribution in [0.3, 0.4) is 0 Å². The summed E-state index contributed by atoms with van der Waals surface area (Å²) in [5.41, 5.74) is 6.43. The Kier molecular flexibility index (Phi) is 6.16. The quantitative estimate of drug-likeness (QED) is 0.282. The molecule has 1 aliphatic heterocycles. The molecular weight excluding hydrogens is 348 g/mol. The highest BCUT2D eigenvalue weighted by molar-refractivity contribution is 5.75. The second-order valence-electron chi connectivity index (χ2n) is 6.05. The van der Waals surface area contributed by atoms with Crippen LogP contribution >= 0.6 is 0 Å². The maximum absolute atomic E-state index is 12.0. The minimum Gasteiger partial charge on any atom is -0.462 e. The SMILES string of the molecule is [2H][C@@]1(n2ccc(NO)nc2=O)O[C@H](COC(=O)[C@H](N)[C@H](C)CC)[C@@H](O)[C@H]1O. The number of nitrogens with zero attached hydrogens (tertiary/aromatic N) is 2. The third kappa shape index (κ3) is 4.19. The molecule has 146 valence electrons. The minimum absolute atomic E-state index is 0.115. The molecule has 0 radical (unpaired) electrons. The van der Waals surface area contributed by atoms with Crippen molar-refractivity contribution in [2.75, 3.05) is 12.1 Å². The number of aliphatic hydroxyl groups excluding tert-OH is 2. The van der Waals surface area contributed by atoms with Gasteiger partial charge in [0.2, 0.25) is 0 Å². The van der Waals surface area contributed by atoms with Crippen LogP contribution in [0.2, 0.25) is 0 Å². The van der Waals surface area contributed by atoms with Crippen LogP contribution in [0.1, 0.15) is 27.8 Å². The Balaban J connectivity index is 2.13. The number of hydrogen-bond donors (Lipinski definition) is 5. The second-order valence-corrected chi connectivity index (χ2v) is 6.05. The van der Waals surface area contributed by atoms with E-state index in [4.69, 9.17) is 21.8 Å². The molecule has 1 saturated heterocycles. The lowest BCUT2D eigenvalue weighted by molar-refractivity contribution is -0.153. The molecule has 11 nitrogen and oxygen atoms in total. The number of ether oxygens (including phenoxy) is 2. The number of rotatable bonds is 7. The van der Waals surface area contributed by atoms with Gasteiger partial charge in [0.15, 0.2) is 12.0 Å². The first kappa shape index (κ1) is 18.7. The van der Waals surface area contributed by atoms with Crippen LogP contribution in [0.4, 0.5) is 5.82 Å². The number of aromatic nitrogens is 2. The first-order valence-corrected chi connectivity index (χ1v) is 8.12. The summed E-state index contributed by atoms with van der Waals surface area (Å²) >= 11 is 0. The summed E-state index contributed by atoms with van der Waals surface area (Å²) in [6, 6.07) is 0.308. The van der Waals surface area contributed by atoms with Gasteiger partial charge in [-0.1, -0.05) is 20.3 Å². The van der Waals surface area contributed by atoms with E-state index < -0.39 is 48.8 Å². The van der Waals surface area contributed by atoms with Gasteiger partial charge in [-0.3, -0.25) is 20.0 Å². The fourth-order valence-electron chi connectivity index (χ4n) is 2.36. The molecule has 1 aromatic rings. The van der Waals surface area contributed by atoms with Crippen LogP contribution < -0.4 is 16.9 Å². The predicted molar refractivity (Wildman–Crippen MR) is 88.2 cm³/mol. The van der Waals surface area contributed by atoms with Gasteiger partial charge in [-0.25, -0.2) is 4.79 Å². The number of nitrogens with two attached hydrogens (primary N) is 1. The summed E-state index contributed by atoms with van der Waals surface area (Å²) in [4.78, 5) is 27.4. The Labute approximate surface area is 150 Å². The first-order chi connectivity index (χ1) is 12.7. The summed E-state index contributed by atoms with van der Waals surface area (Å²) in [5, 5.41) is 29.1.